The van der Waals surface area contributed by atoms with Gasteiger partial charge in [0.05, 0.1) is 0 Å². The molecule has 0 unspecified atom stereocenters. The van der Waals surface area contributed by atoms with Crippen LogP contribution in [-0.4, -0.2) is 76.8 Å². The molecule has 8 N–H and O–H groups in total. The van der Waals surface area contributed by atoms with Crippen molar-refractivity contribution >= 4 is 0 Å². The smallest absolute Gasteiger partial charge is 0.250 e. The fraction of sp³-hybridized carbons (Fsp3) is 1.00. The summed E-state index contributed by atoms with van der Waals surface area (Å²) in [5.74, 6) is -7.07. The summed E-state index contributed by atoms with van der Waals surface area (Å²) in [5, 5.41) is 72.0. The molecule has 1 aliphatic carbocycles. The van der Waals surface area contributed by atoms with Crippen LogP contribution in [0.15, 0.2) is 0 Å². The summed E-state index contributed by atoms with van der Waals surface area (Å²) in [7, 11) is 0. The third-order valence-corrected chi connectivity index (χ3v) is 2.36. The zero-order valence-corrected chi connectivity index (χ0v) is 6.89. The Labute approximate surface area is 77.9 Å². The van der Waals surface area contributed by atoms with Gasteiger partial charge in [-0.25, -0.2) is 0 Å². The highest BCUT2D eigenvalue weighted by Crippen LogP contribution is 2.34. The highest BCUT2D eigenvalue weighted by atomic mass is 16.6. The molecule has 14 heavy (non-hydrogen) atoms. The average Bonchev–Trinajstić information content (AvgIpc) is 2.10. The molecule has 0 amide bonds. The minimum absolute atomic E-state index is 2.10. The second-order valence-corrected chi connectivity index (χ2v) is 3.32. The summed E-state index contributed by atoms with van der Waals surface area (Å²) < 4.78 is 0. The van der Waals surface area contributed by atoms with Gasteiger partial charge in [0.25, 0.3) is 11.6 Å². The number of aliphatic hydroxyl groups is 8. The molecule has 8 heteroatoms. The van der Waals surface area contributed by atoms with E-state index in [1.807, 2.05) is 0 Å². The van der Waals surface area contributed by atoms with Crippen LogP contribution >= 0.6 is 0 Å². The topological polar surface area (TPSA) is 162 Å². The van der Waals surface area contributed by atoms with E-state index < -0.39 is 36.0 Å². The lowest BCUT2D eigenvalue weighted by Crippen LogP contribution is -2.77. The minimum Gasteiger partial charge on any atom is -0.387 e. The van der Waals surface area contributed by atoms with Crippen LogP contribution < -0.4 is 0 Å². The van der Waals surface area contributed by atoms with Crippen molar-refractivity contribution in [2.75, 3.05) is 0 Å². The van der Waals surface area contributed by atoms with Gasteiger partial charge in [-0.05, 0) is 0 Å². The summed E-state index contributed by atoms with van der Waals surface area (Å²) in [6, 6.07) is 0. The average molecular weight is 212 g/mol. The monoisotopic (exact) mass is 212 g/mol. The molecule has 1 fully saturated rings. The van der Waals surface area contributed by atoms with Gasteiger partial charge < -0.3 is 40.9 Å². The van der Waals surface area contributed by atoms with Crippen molar-refractivity contribution in [1.29, 1.82) is 0 Å². The van der Waals surface area contributed by atoms with Gasteiger partial charge in [-0.1, -0.05) is 0 Å². The molecule has 8 nitrogen and oxygen atoms in total. The van der Waals surface area contributed by atoms with Gasteiger partial charge in [-0.3, -0.25) is 0 Å². The first kappa shape index (κ1) is 11.8. The first-order valence-electron chi connectivity index (χ1n) is 3.75. The maximum absolute atomic E-state index is 9.00. The minimum atomic E-state index is -3.54. The zero-order valence-electron chi connectivity index (χ0n) is 6.89. The van der Waals surface area contributed by atoms with E-state index in [9.17, 15) is 0 Å². The molecular weight excluding hydrogens is 200 g/mol. The van der Waals surface area contributed by atoms with Crippen molar-refractivity contribution in [1.82, 2.24) is 0 Å². The fourth-order valence-electron chi connectivity index (χ4n) is 1.29. The van der Waals surface area contributed by atoms with E-state index >= 15 is 0 Å². The van der Waals surface area contributed by atoms with Crippen molar-refractivity contribution in [3.8, 4) is 0 Å². The molecule has 84 valence electrons. The Morgan fingerprint density at radius 1 is 0.571 bits per heavy atom. The molecule has 0 bridgehead atoms. The molecule has 0 radical (unpaired) electrons. The van der Waals surface area contributed by atoms with Crippen molar-refractivity contribution in [2.45, 2.75) is 36.0 Å². The summed E-state index contributed by atoms with van der Waals surface area (Å²) >= 11 is 0. The number of rotatable bonds is 0. The highest BCUT2D eigenvalue weighted by Gasteiger charge is 2.66. The SMILES string of the molecule is O[C@@H]1[C@H](O)[C@@H](O)C(O)(O)C(O)(O)[C@@H]1O. The standard InChI is InChI=1S/C6H12O8/c7-1-2(8)4(10)6(13,14)5(11,12)3(1)9/h1-4,7-14H/t1-,2+,3-,4-/m1/s1. The van der Waals surface area contributed by atoms with Crippen LogP contribution in [0.5, 0.6) is 0 Å². The van der Waals surface area contributed by atoms with E-state index in [2.05, 4.69) is 0 Å². The van der Waals surface area contributed by atoms with E-state index in [0.717, 1.165) is 0 Å². The predicted octanol–water partition coefficient (Wildman–Crippen LogP) is -5.19. The van der Waals surface area contributed by atoms with Gasteiger partial charge in [0, 0.05) is 0 Å². The summed E-state index contributed by atoms with van der Waals surface area (Å²) in [6.07, 6.45) is -9.05. The molecular formula is C6H12O8. The Hall–Kier alpha value is -0.320. The van der Waals surface area contributed by atoms with Gasteiger partial charge in [-0.2, -0.15) is 0 Å². The Bertz CT molecular complexity index is 202. The quantitative estimate of drug-likeness (QED) is 0.185. The van der Waals surface area contributed by atoms with Crippen molar-refractivity contribution in [3.63, 3.8) is 0 Å². The normalized spacial score (nSPS) is 46.3. The van der Waals surface area contributed by atoms with Crippen molar-refractivity contribution in [2.24, 2.45) is 0 Å². The molecule has 0 heterocycles. The molecule has 0 saturated heterocycles. The molecule has 4 atom stereocenters. The predicted molar refractivity (Wildman–Crippen MR) is 38.4 cm³/mol. The van der Waals surface area contributed by atoms with E-state index in [4.69, 9.17) is 40.9 Å². The van der Waals surface area contributed by atoms with E-state index in [1.165, 1.54) is 0 Å². The molecule has 0 aromatic carbocycles. The largest absolute Gasteiger partial charge is 0.387 e. The highest BCUT2D eigenvalue weighted by molar-refractivity contribution is 5.06. The molecule has 1 rings (SSSR count). The Kier molecular flexibility index (Phi) is 2.59. The second kappa shape index (κ2) is 3.08. The molecule has 0 spiro atoms. The summed E-state index contributed by atoms with van der Waals surface area (Å²) in [5.41, 5.74) is 0. The van der Waals surface area contributed by atoms with E-state index in [1.54, 1.807) is 0 Å². The van der Waals surface area contributed by atoms with E-state index in [0.29, 0.717) is 0 Å². The van der Waals surface area contributed by atoms with Crippen LogP contribution in [0.4, 0.5) is 0 Å². The van der Waals surface area contributed by atoms with Crippen LogP contribution in [0, 0.1) is 0 Å². The molecule has 1 aliphatic rings. The first-order chi connectivity index (χ1) is 6.14. The molecule has 0 aliphatic heterocycles. The summed E-state index contributed by atoms with van der Waals surface area (Å²) in [6.45, 7) is 0. The van der Waals surface area contributed by atoms with Gasteiger partial charge in [0.1, 0.15) is 24.4 Å². The van der Waals surface area contributed by atoms with Crippen LogP contribution in [0.2, 0.25) is 0 Å². The van der Waals surface area contributed by atoms with Gasteiger partial charge in [-0.15, -0.1) is 0 Å². The van der Waals surface area contributed by atoms with Gasteiger partial charge in [0.2, 0.25) is 0 Å². The van der Waals surface area contributed by atoms with Crippen LogP contribution in [0.25, 0.3) is 0 Å². The Morgan fingerprint density at radius 3 is 1.00 bits per heavy atom. The fourth-order valence-corrected chi connectivity index (χ4v) is 1.29. The molecule has 0 aromatic rings. The molecule has 0 aromatic heterocycles. The van der Waals surface area contributed by atoms with E-state index in [-0.39, 0.29) is 0 Å². The lowest BCUT2D eigenvalue weighted by Gasteiger charge is -2.48. The number of aliphatic hydroxyl groups excluding tert-OH is 4. The molecule has 1 saturated carbocycles. The maximum atomic E-state index is 9.00. The van der Waals surface area contributed by atoms with Crippen molar-refractivity contribution in [3.05, 3.63) is 0 Å². The van der Waals surface area contributed by atoms with Gasteiger partial charge >= 0.3 is 0 Å². The van der Waals surface area contributed by atoms with Gasteiger partial charge in [0.15, 0.2) is 0 Å². The third-order valence-electron chi connectivity index (χ3n) is 2.36. The first-order valence-corrected chi connectivity index (χ1v) is 3.75. The van der Waals surface area contributed by atoms with Crippen LogP contribution in [-0.2, 0) is 0 Å². The second-order valence-electron chi connectivity index (χ2n) is 3.32. The zero-order chi connectivity index (χ0) is 11.3. The van der Waals surface area contributed by atoms with Crippen LogP contribution in [0.1, 0.15) is 0 Å². The summed E-state index contributed by atoms with van der Waals surface area (Å²) in [4.78, 5) is 0. The van der Waals surface area contributed by atoms with Crippen molar-refractivity contribution < 1.29 is 40.9 Å². The Balaban J connectivity index is 3.10. The Morgan fingerprint density at radius 2 is 0.786 bits per heavy atom. The van der Waals surface area contributed by atoms with Crippen LogP contribution in [0.3, 0.4) is 0 Å². The maximum Gasteiger partial charge on any atom is 0.250 e. The number of hydrogen-bond donors (Lipinski definition) is 8. The lowest BCUT2D eigenvalue weighted by molar-refractivity contribution is -0.444. The number of hydrogen-bond acceptors (Lipinski definition) is 8. The third kappa shape index (κ3) is 1.25. The lowest BCUT2D eigenvalue weighted by atomic mass is 9.79.